The maximum Gasteiger partial charge on any atom is 0.338 e. The summed E-state index contributed by atoms with van der Waals surface area (Å²) in [6.07, 6.45) is 4.04. The molecule has 0 aromatic heterocycles. The summed E-state index contributed by atoms with van der Waals surface area (Å²) >= 11 is 0. The van der Waals surface area contributed by atoms with Crippen LogP contribution in [0.4, 0.5) is 0 Å². The summed E-state index contributed by atoms with van der Waals surface area (Å²) in [5.41, 5.74) is 2.12. The molecule has 2 fully saturated rings. The third-order valence-electron chi connectivity index (χ3n) is 4.45. The molecule has 1 N–H and O–H groups in total. The van der Waals surface area contributed by atoms with E-state index in [1.165, 1.54) is 12.8 Å². The van der Waals surface area contributed by atoms with E-state index >= 15 is 0 Å². The summed E-state index contributed by atoms with van der Waals surface area (Å²) in [4.78, 5) is 11.4. The lowest BCUT2D eigenvalue weighted by atomic mass is 9.94. The topological polar surface area (TPSA) is 47.6 Å². The molecule has 0 radical (unpaired) electrons. The minimum atomic E-state index is -0.224. The van der Waals surface area contributed by atoms with Crippen molar-refractivity contribution in [1.82, 2.24) is 5.32 Å². The molecule has 0 amide bonds. The van der Waals surface area contributed by atoms with Gasteiger partial charge in [0.2, 0.25) is 0 Å². The first-order valence-corrected chi connectivity index (χ1v) is 6.92. The highest BCUT2D eigenvalue weighted by Gasteiger charge is 2.46. The predicted octanol–water partition coefficient (Wildman–Crippen LogP) is 1.88. The summed E-state index contributed by atoms with van der Waals surface area (Å²) in [6, 6.07) is 5.62. The predicted molar refractivity (Wildman–Crippen MR) is 69.1 cm³/mol. The number of piperidine rings is 1. The van der Waals surface area contributed by atoms with Gasteiger partial charge < -0.3 is 14.8 Å². The Hall–Kier alpha value is -1.55. The van der Waals surface area contributed by atoms with E-state index in [2.05, 4.69) is 5.32 Å². The number of hydrogen-bond acceptors (Lipinski definition) is 4. The van der Waals surface area contributed by atoms with Crippen molar-refractivity contribution in [2.45, 2.75) is 32.0 Å². The zero-order valence-electron chi connectivity index (χ0n) is 10.8. The van der Waals surface area contributed by atoms with Crippen molar-refractivity contribution in [1.29, 1.82) is 0 Å². The Labute approximate surface area is 112 Å². The van der Waals surface area contributed by atoms with Gasteiger partial charge in [0.15, 0.2) is 0 Å². The first kappa shape index (κ1) is 11.3. The molecule has 4 rings (SSSR count). The molecule has 1 aromatic rings. The molecule has 100 valence electrons. The number of fused-ring (bicyclic) bond motifs is 1. The number of ether oxygens (including phenoxy) is 2. The van der Waals surface area contributed by atoms with Crippen molar-refractivity contribution < 1.29 is 14.3 Å². The molecule has 1 saturated carbocycles. The van der Waals surface area contributed by atoms with E-state index in [-0.39, 0.29) is 12.1 Å². The van der Waals surface area contributed by atoms with Crippen molar-refractivity contribution >= 4 is 5.97 Å². The maximum absolute atomic E-state index is 11.4. The van der Waals surface area contributed by atoms with Crippen LogP contribution in [0.3, 0.4) is 0 Å². The van der Waals surface area contributed by atoms with Crippen LogP contribution < -0.4 is 10.1 Å². The standard InChI is InChI=1S/C15H17NO3/c17-14-13-2-1-11(5-10(13)8-18-14)19-12-6-15(3-4-15)9-16-7-12/h1-2,5,12,16H,3-4,6-9H2. The molecule has 1 spiro atoms. The van der Waals surface area contributed by atoms with Crippen molar-refractivity contribution in [2.75, 3.05) is 13.1 Å². The van der Waals surface area contributed by atoms with Crippen LogP contribution in [-0.2, 0) is 11.3 Å². The second-order valence-corrected chi connectivity index (χ2v) is 5.97. The number of cyclic esters (lactones) is 1. The van der Waals surface area contributed by atoms with Gasteiger partial charge in [0.1, 0.15) is 18.5 Å². The number of carbonyl (C=O) groups excluding carboxylic acids is 1. The minimum absolute atomic E-state index is 0.224. The highest BCUT2D eigenvalue weighted by atomic mass is 16.5. The minimum Gasteiger partial charge on any atom is -0.489 e. The molecule has 0 bridgehead atoms. The van der Waals surface area contributed by atoms with Gasteiger partial charge in [-0.25, -0.2) is 4.79 Å². The van der Waals surface area contributed by atoms with Crippen LogP contribution in [0.25, 0.3) is 0 Å². The van der Waals surface area contributed by atoms with Gasteiger partial charge >= 0.3 is 5.97 Å². The summed E-state index contributed by atoms with van der Waals surface area (Å²) in [6.45, 7) is 2.42. The molecule has 1 unspecified atom stereocenters. The lowest BCUT2D eigenvalue weighted by Crippen LogP contribution is -2.43. The van der Waals surface area contributed by atoms with Crippen LogP contribution in [0.15, 0.2) is 18.2 Å². The average molecular weight is 259 g/mol. The second kappa shape index (κ2) is 3.97. The van der Waals surface area contributed by atoms with Crippen molar-refractivity contribution in [2.24, 2.45) is 5.41 Å². The van der Waals surface area contributed by atoms with Crippen LogP contribution in [0.5, 0.6) is 5.75 Å². The fraction of sp³-hybridized carbons (Fsp3) is 0.533. The van der Waals surface area contributed by atoms with E-state index in [0.29, 0.717) is 17.6 Å². The number of hydrogen-bond donors (Lipinski definition) is 1. The third-order valence-corrected chi connectivity index (χ3v) is 4.45. The Kier molecular flexibility index (Phi) is 2.36. The molecular weight excluding hydrogens is 242 g/mol. The molecule has 1 aliphatic carbocycles. The normalized spacial score (nSPS) is 26.9. The molecule has 4 nitrogen and oxygen atoms in total. The number of carbonyl (C=O) groups is 1. The zero-order chi connectivity index (χ0) is 12.9. The van der Waals surface area contributed by atoms with Crippen LogP contribution in [0, 0.1) is 5.41 Å². The van der Waals surface area contributed by atoms with Crippen LogP contribution in [0.1, 0.15) is 35.2 Å². The smallest absolute Gasteiger partial charge is 0.338 e. The van der Waals surface area contributed by atoms with Gasteiger partial charge in [0.25, 0.3) is 0 Å². The molecule has 2 aliphatic heterocycles. The van der Waals surface area contributed by atoms with Crippen molar-refractivity contribution in [3.8, 4) is 5.75 Å². The molecule has 1 atom stereocenters. The quantitative estimate of drug-likeness (QED) is 0.824. The molecule has 4 heteroatoms. The van der Waals surface area contributed by atoms with E-state index in [9.17, 15) is 4.79 Å². The lowest BCUT2D eigenvalue weighted by molar-refractivity contribution is 0.0535. The molecule has 3 aliphatic rings. The highest BCUT2D eigenvalue weighted by molar-refractivity contribution is 5.93. The average Bonchev–Trinajstić information content (AvgIpc) is 3.04. The van der Waals surface area contributed by atoms with E-state index in [0.717, 1.165) is 30.8 Å². The van der Waals surface area contributed by atoms with Gasteiger partial charge in [-0.1, -0.05) is 0 Å². The van der Waals surface area contributed by atoms with Crippen LogP contribution >= 0.6 is 0 Å². The Bertz CT molecular complexity index is 536. The Morgan fingerprint density at radius 3 is 3.11 bits per heavy atom. The van der Waals surface area contributed by atoms with Crippen LogP contribution in [0.2, 0.25) is 0 Å². The number of benzene rings is 1. The van der Waals surface area contributed by atoms with Gasteiger partial charge in [0, 0.05) is 18.7 Å². The monoisotopic (exact) mass is 259 g/mol. The van der Waals surface area contributed by atoms with Gasteiger partial charge in [0.05, 0.1) is 5.56 Å². The SMILES string of the molecule is O=C1OCc2cc(OC3CNCC4(CC4)C3)ccc21. The Morgan fingerprint density at radius 2 is 2.26 bits per heavy atom. The van der Waals surface area contributed by atoms with Crippen molar-refractivity contribution in [3.63, 3.8) is 0 Å². The van der Waals surface area contributed by atoms with Gasteiger partial charge in [-0.3, -0.25) is 0 Å². The van der Waals surface area contributed by atoms with E-state index in [1.807, 2.05) is 18.2 Å². The largest absolute Gasteiger partial charge is 0.489 e. The second-order valence-electron chi connectivity index (χ2n) is 5.97. The molecule has 1 saturated heterocycles. The van der Waals surface area contributed by atoms with E-state index in [4.69, 9.17) is 9.47 Å². The first-order valence-electron chi connectivity index (χ1n) is 6.92. The maximum atomic E-state index is 11.4. The summed E-state index contributed by atoms with van der Waals surface area (Å²) in [7, 11) is 0. The Morgan fingerprint density at radius 1 is 1.37 bits per heavy atom. The number of nitrogens with one attached hydrogen (secondary N) is 1. The van der Waals surface area contributed by atoms with Gasteiger partial charge in [-0.2, -0.15) is 0 Å². The van der Waals surface area contributed by atoms with E-state index < -0.39 is 0 Å². The summed E-state index contributed by atoms with van der Waals surface area (Å²) in [5, 5.41) is 3.46. The van der Waals surface area contributed by atoms with Crippen molar-refractivity contribution in [3.05, 3.63) is 29.3 Å². The highest BCUT2D eigenvalue weighted by Crippen LogP contribution is 2.50. The molecule has 2 heterocycles. The Balaban J connectivity index is 1.49. The zero-order valence-corrected chi connectivity index (χ0v) is 10.8. The van der Waals surface area contributed by atoms with Gasteiger partial charge in [-0.05, 0) is 42.9 Å². The van der Waals surface area contributed by atoms with E-state index in [1.54, 1.807) is 0 Å². The lowest BCUT2D eigenvalue weighted by Gasteiger charge is -2.30. The third kappa shape index (κ3) is 2.00. The number of rotatable bonds is 2. The fourth-order valence-corrected chi connectivity index (χ4v) is 3.14. The summed E-state index contributed by atoms with van der Waals surface area (Å²) < 4.78 is 11.1. The van der Waals surface area contributed by atoms with Crippen LogP contribution in [-0.4, -0.2) is 25.2 Å². The number of esters is 1. The summed E-state index contributed by atoms with van der Waals surface area (Å²) in [5.74, 6) is 0.624. The molecule has 1 aromatic carbocycles. The van der Waals surface area contributed by atoms with Gasteiger partial charge in [-0.15, -0.1) is 0 Å². The first-order chi connectivity index (χ1) is 9.24. The fourth-order valence-electron chi connectivity index (χ4n) is 3.14. The molecular formula is C15H17NO3. The molecule has 19 heavy (non-hydrogen) atoms.